The molecule has 12 rings (SSSR count). The van der Waals surface area contributed by atoms with E-state index in [4.69, 9.17) is 54.6 Å². The van der Waals surface area contributed by atoms with Crippen molar-refractivity contribution in [2.24, 2.45) is 23.1 Å². The number of aromatic nitrogens is 2. The van der Waals surface area contributed by atoms with Crippen molar-refractivity contribution in [3.8, 4) is 5.75 Å². The first-order chi connectivity index (χ1) is 69.8. The van der Waals surface area contributed by atoms with Gasteiger partial charge in [-0.25, -0.2) is 0 Å². The van der Waals surface area contributed by atoms with Crippen LogP contribution in [0.2, 0.25) is 0 Å². The van der Waals surface area contributed by atoms with Gasteiger partial charge in [0.05, 0.1) is 112 Å². The number of Topliss-reactive ketones (excluding diaryl/α,β-unsaturated/α-hetero) is 6. The second-order valence-corrected chi connectivity index (χ2v) is 38.5. The molecular weight excluding hydrogens is 1900 g/mol. The van der Waals surface area contributed by atoms with Crippen LogP contribution in [-0.4, -0.2) is 258 Å². The maximum atomic E-state index is 12.4. The van der Waals surface area contributed by atoms with Gasteiger partial charge in [-0.2, -0.15) is 0 Å². The van der Waals surface area contributed by atoms with Gasteiger partial charge in [-0.05, 0) is 185 Å². The molecule has 6 aliphatic heterocycles. The maximum Gasteiger partial charge on any atom is 0.478 e. The Hall–Kier alpha value is -10.9. The molecule has 0 radical (unpaired) electrons. The Bertz CT molecular complexity index is 5090. The molecule has 146 heavy (non-hydrogen) atoms. The molecule has 7 aliphatic rings. The lowest BCUT2D eigenvalue weighted by molar-refractivity contribution is -0.909. The van der Waals surface area contributed by atoms with Crippen LogP contribution in [0.25, 0.3) is 0 Å². The number of rotatable bonds is 39. The largest absolute Gasteiger partial charge is 0.494 e. The number of nitrogens with zero attached hydrogens (tertiary/aromatic N) is 2. The molecule has 2 fully saturated rings. The van der Waals surface area contributed by atoms with Crippen LogP contribution in [0.1, 0.15) is 215 Å². The van der Waals surface area contributed by atoms with E-state index in [0.29, 0.717) is 101 Å². The van der Waals surface area contributed by atoms with E-state index in [-0.39, 0.29) is 146 Å². The number of pyridine rings is 2. The Kier molecular flexibility index (Phi) is 56.2. The first kappa shape index (κ1) is 122. The smallest absolute Gasteiger partial charge is 0.478 e. The summed E-state index contributed by atoms with van der Waals surface area (Å²) in [5.41, 5.74) is 19.5. The number of benzene rings is 2. The van der Waals surface area contributed by atoms with E-state index in [9.17, 15) is 98.1 Å². The van der Waals surface area contributed by atoms with Crippen LogP contribution in [0.5, 0.6) is 5.75 Å². The summed E-state index contributed by atoms with van der Waals surface area (Å²) in [6, 6.07) is 29.3. The van der Waals surface area contributed by atoms with Crippen molar-refractivity contribution in [2.45, 2.75) is 300 Å². The van der Waals surface area contributed by atoms with Gasteiger partial charge in [-0.15, -0.1) is 11.3 Å². The van der Waals surface area contributed by atoms with Gasteiger partial charge in [0, 0.05) is 107 Å². The predicted octanol–water partition coefficient (Wildman–Crippen LogP) is 3.33. The van der Waals surface area contributed by atoms with Gasteiger partial charge in [-0.3, -0.25) is 67.9 Å². The molecule has 1 saturated carbocycles. The number of carbonyl (C=O) groups is 12. The average molecular weight is 2050 g/mol. The van der Waals surface area contributed by atoms with E-state index >= 15 is 0 Å². The number of nitrogens with one attached hydrogen (secondary N) is 6. The zero-order valence-corrected chi connectivity index (χ0v) is 85.0. The Morgan fingerprint density at radius 1 is 0.390 bits per heavy atom. The molecule has 790 valence electrons. The number of amides is 6. The second kappa shape index (κ2) is 67.2. The zero-order chi connectivity index (χ0) is 106. The van der Waals surface area contributed by atoms with Crippen LogP contribution < -0.4 is 63.3 Å². The van der Waals surface area contributed by atoms with Crippen LogP contribution in [0, 0.1) is 5.92 Å². The van der Waals surface area contributed by atoms with Crippen LogP contribution in [0.4, 0.5) is 0 Å². The van der Waals surface area contributed by atoms with E-state index in [2.05, 4.69) is 31.9 Å². The van der Waals surface area contributed by atoms with E-state index in [0.717, 1.165) is 93.9 Å². The summed E-state index contributed by atoms with van der Waals surface area (Å²) in [5.74, 6) is -3.37. The van der Waals surface area contributed by atoms with Crippen molar-refractivity contribution >= 4 is 124 Å². The quantitative estimate of drug-likeness (QED) is 0.00882. The second-order valence-electron chi connectivity index (χ2n) is 37.2. The molecule has 0 bridgehead atoms. The molecule has 2 aromatic carbocycles. The minimum absolute atomic E-state index is 0.00448. The summed E-state index contributed by atoms with van der Waals surface area (Å²) in [7, 11) is -6.87. The zero-order valence-electron chi connectivity index (χ0n) is 84.2. The Labute approximate surface area is 859 Å². The average Bonchev–Trinajstić information content (AvgIpc) is 1.59. The van der Waals surface area contributed by atoms with Crippen LogP contribution in [-0.2, 0) is 129 Å². The van der Waals surface area contributed by atoms with Crippen LogP contribution >= 0.6 is 11.3 Å². The number of carbonyl (C=O) groups excluding carboxylic acids is 12. The first-order valence-corrected chi connectivity index (χ1v) is 50.7. The summed E-state index contributed by atoms with van der Waals surface area (Å²) >= 11 is 1.51. The van der Waals surface area contributed by atoms with Crippen molar-refractivity contribution in [3.05, 3.63) is 209 Å². The molecule has 0 spiro atoms. The molecule has 39 nitrogen and oxygen atoms in total. The van der Waals surface area contributed by atoms with E-state index in [1.807, 2.05) is 85.0 Å². The molecule has 12 atom stereocenters. The number of unbranched alkanes of at least 4 members (excludes halogenated alkanes) is 1. The number of ketones is 6. The monoisotopic (exact) mass is 2050 g/mol. The molecule has 0 unspecified atom stereocenters. The highest BCUT2D eigenvalue weighted by Gasteiger charge is 2.40. The Balaban J connectivity index is 0.000000238. The van der Waals surface area contributed by atoms with Gasteiger partial charge >= 0.3 is 42.7 Å². The SMILES string of the molecule is CC(=O)C[C@@H]1CCCC[C@H](NC(=O)Cc2ccccc2)B(O)O1.CC(=O)C[C@H]1C=CC[C@H](NC(=O)CC2CCC(N)CC2)B(O)O1.CC(=O)C[C@H]1C=CC[C@H](NC(=O)Cc2ccc(COCCN)s2)B(O)O1.CC(=O)C[C@H]1C=CC[C@H](NC(=O)Cc2ccc[n+](O)c2)B(O)O1.CC(=O)C[C@H]1C=CC[C@H](NC(=O)Cc2cccc(OCCCCN)c2)B(O)O1.CC(=O)C[C@H]1C=CC[C@H](NC(=O)Cc2cccc[n+]2O)B(O)O1. The summed E-state index contributed by atoms with van der Waals surface area (Å²) in [6.45, 7) is 11.6. The maximum absolute atomic E-state index is 12.4. The van der Waals surface area contributed by atoms with E-state index in [1.54, 1.807) is 72.9 Å². The van der Waals surface area contributed by atoms with Crippen LogP contribution in [0.3, 0.4) is 0 Å². The molecule has 20 N–H and O–H groups in total. The van der Waals surface area contributed by atoms with Crippen molar-refractivity contribution in [2.75, 3.05) is 26.3 Å². The van der Waals surface area contributed by atoms with E-state index < -0.39 is 109 Å². The van der Waals surface area contributed by atoms with Gasteiger partial charge in [0.1, 0.15) is 46.9 Å². The number of nitrogens with two attached hydrogens (primary N) is 3. The summed E-state index contributed by atoms with van der Waals surface area (Å²) in [5, 5.41) is 96.5. The van der Waals surface area contributed by atoms with Crippen molar-refractivity contribution in [1.82, 2.24) is 31.9 Å². The third-order valence-electron chi connectivity index (χ3n) is 23.7. The predicted molar refractivity (Wildman–Crippen MR) is 548 cm³/mol. The molecule has 5 aromatic rings. The fraction of sp³-hybridized carbons (Fsp3) is 0.520. The molecule has 3 aromatic heterocycles. The first-order valence-electron chi connectivity index (χ1n) is 49.8. The molecule has 1 saturated heterocycles. The van der Waals surface area contributed by atoms with Gasteiger partial charge in [0.15, 0.2) is 0 Å². The van der Waals surface area contributed by atoms with Crippen molar-refractivity contribution < 1.29 is 145 Å². The lowest BCUT2D eigenvalue weighted by atomic mass is 9.74. The highest BCUT2D eigenvalue weighted by atomic mass is 32.1. The third-order valence-corrected chi connectivity index (χ3v) is 24.8. The topological polar surface area (TPSA) is 599 Å². The molecule has 46 heteroatoms. The number of thiophene rings is 1. The van der Waals surface area contributed by atoms with Crippen molar-refractivity contribution in [1.29, 1.82) is 0 Å². The van der Waals surface area contributed by atoms with Crippen molar-refractivity contribution in [3.63, 3.8) is 0 Å². The fourth-order valence-electron chi connectivity index (χ4n) is 16.5. The molecule has 1 aliphatic carbocycles. The Morgan fingerprint density at radius 3 is 1.25 bits per heavy atom. The molecular formula is C100H145B6N11O28S+2. The molecule has 9 heterocycles. The summed E-state index contributed by atoms with van der Waals surface area (Å²) < 4.78 is 45.6. The third kappa shape index (κ3) is 50.2. The van der Waals surface area contributed by atoms with Gasteiger partial charge in [-0.1, -0.05) is 116 Å². The number of ether oxygens (including phenoxy) is 2. The Morgan fingerprint density at radius 2 is 0.795 bits per heavy atom. The van der Waals surface area contributed by atoms with Crippen LogP contribution in [0.15, 0.2) is 176 Å². The van der Waals surface area contributed by atoms with E-state index in [1.165, 1.54) is 71.5 Å². The molecule has 6 amide bonds. The van der Waals surface area contributed by atoms with Gasteiger partial charge in [0.25, 0.3) is 0 Å². The summed E-state index contributed by atoms with van der Waals surface area (Å²) in [6.07, 6.45) is 33.2. The van der Waals surface area contributed by atoms with Gasteiger partial charge in [0.2, 0.25) is 59.7 Å². The lowest BCUT2D eigenvalue weighted by Gasteiger charge is -2.28. The number of hydrogen-bond acceptors (Lipinski definition) is 32. The normalized spacial score (nSPS) is 22.3. The highest BCUT2D eigenvalue weighted by Crippen LogP contribution is 2.28. The minimum Gasteiger partial charge on any atom is -0.494 e. The standard InChI is InChI=1S/C20H29BN2O5.C17H25BN2O5S.C17H24BNO4.C16H27BN2O4.2C15H19BN2O5/c1-15(24)12-18-8-5-9-19(21(26)28-18)23-20(25)14-16-6-4-7-17(13-16)27-11-3-2-10-22;1-12(21)9-13-3-2-4-16(18(23)25-13)20-17(22)10-14-5-6-15(26-14)11-24-8-7-19;1-13(20)11-15-9-5-6-10-16(18(22)23-15)19-17(21)12-14-7-3-2-4-8-14;1-11(20)9-14-3-2-4-15(17(22)23-14)19-16(21)10-12-5-7-13(18)8-6-12;1-11(19)8-13-5-2-6-14(16(21)23-13)17-15(20)9-12-4-3-7-18(22)10-12;1-11(19)9-13-6-4-7-14(16(21)23-13)17-15(20)10-12-5-2-3-8-18(12)22/h4-8,13,18-19,26H,2-3,9-12,14,22H2,1H3,(H,23,25);2-3,5-6,13,16,23H,4,7-11,19H2,1H3,(H,20,22);2-4,7-8,15-16,22H,5-6,9-12H2,1H3,(H,19,21);2-3,12-15,22H,4-10,18H2,1H3,(H,19,21);2-5,7,10,13-14,21H,6,8-9H2,1H3,(H-,17,20,22);2-6,8,13-14,21H,7,9-10H2,1H3,(H-,17,20,22)/p+2/t18-,19+;13-,16+;15-,16-;12?,13?,14-,15+;2*13-,14+/m110111/s1. The summed E-state index contributed by atoms with van der Waals surface area (Å²) in [4.78, 5) is 142. The minimum atomic E-state index is -1.20. The lowest BCUT2D eigenvalue weighted by Crippen LogP contribution is -2.50. The van der Waals surface area contributed by atoms with Gasteiger partial charge < -0.3 is 117 Å². The fourth-order valence-corrected chi connectivity index (χ4v) is 17.5. The highest BCUT2D eigenvalue weighted by molar-refractivity contribution is 7.12. The number of hydrogen-bond donors (Lipinski definition) is 17.